The standard InChI is InChI=1S/C28H28N4O2/c1-20-6-5-7-23(16-20)32-15-14-31(18-21(32)2)28(33)19-34-24-12-10-22(11-13-24)27-17-29-25-8-3-4-9-26(25)30-27/h3-13,16-17,21H,14-15,18-19H2,1-2H3. The third-order valence-corrected chi connectivity index (χ3v) is 6.27. The van der Waals surface area contributed by atoms with Gasteiger partial charge in [0, 0.05) is 36.9 Å². The summed E-state index contributed by atoms with van der Waals surface area (Å²) in [6, 6.07) is 24.2. The van der Waals surface area contributed by atoms with E-state index in [4.69, 9.17) is 4.74 Å². The maximum atomic E-state index is 12.8. The number of para-hydroxylation sites is 2. The van der Waals surface area contributed by atoms with Gasteiger partial charge in [-0.1, -0.05) is 24.3 Å². The van der Waals surface area contributed by atoms with Crippen LogP contribution in [0, 0.1) is 6.92 Å². The fraction of sp³-hybridized carbons (Fsp3) is 0.250. The first-order chi connectivity index (χ1) is 16.6. The minimum absolute atomic E-state index is 0.0141. The van der Waals surface area contributed by atoms with Crippen LogP contribution in [0.3, 0.4) is 0 Å². The Balaban J connectivity index is 1.17. The minimum atomic E-state index is 0.0141. The third-order valence-electron chi connectivity index (χ3n) is 6.27. The van der Waals surface area contributed by atoms with Crippen LogP contribution >= 0.6 is 0 Å². The number of carbonyl (C=O) groups is 1. The predicted octanol–water partition coefficient (Wildman–Crippen LogP) is 4.72. The fourth-order valence-electron chi connectivity index (χ4n) is 4.43. The summed E-state index contributed by atoms with van der Waals surface area (Å²) in [5.41, 5.74) is 5.96. The number of piperazine rings is 1. The Bertz CT molecular complexity index is 1310. The van der Waals surface area contributed by atoms with Gasteiger partial charge in [0.2, 0.25) is 0 Å². The summed E-state index contributed by atoms with van der Waals surface area (Å²) in [5.74, 6) is 0.678. The van der Waals surface area contributed by atoms with Crippen molar-refractivity contribution in [3.05, 3.63) is 84.6 Å². The molecule has 0 bridgehead atoms. The van der Waals surface area contributed by atoms with Crippen molar-refractivity contribution in [3.8, 4) is 17.0 Å². The summed E-state index contributed by atoms with van der Waals surface area (Å²) >= 11 is 0. The second-order valence-electron chi connectivity index (χ2n) is 8.78. The van der Waals surface area contributed by atoms with Gasteiger partial charge in [0.15, 0.2) is 6.61 Å². The number of nitrogens with zero attached hydrogens (tertiary/aromatic N) is 4. The number of benzene rings is 3. The summed E-state index contributed by atoms with van der Waals surface area (Å²) in [5, 5.41) is 0. The van der Waals surface area contributed by atoms with Gasteiger partial charge < -0.3 is 14.5 Å². The van der Waals surface area contributed by atoms with Crippen molar-refractivity contribution in [1.29, 1.82) is 0 Å². The van der Waals surface area contributed by atoms with Crippen LogP contribution in [0.1, 0.15) is 12.5 Å². The predicted molar refractivity (Wildman–Crippen MR) is 135 cm³/mol. The van der Waals surface area contributed by atoms with Crippen molar-refractivity contribution in [2.24, 2.45) is 0 Å². The van der Waals surface area contributed by atoms with E-state index in [2.05, 4.69) is 53.0 Å². The highest BCUT2D eigenvalue weighted by atomic mass is 16.5. The van der Waals surface area contributed by atoms with Gasteiger partial charge in [-0.15, -0.1) is 0 Å². The Morgan fingerprint density at radius 2 is 1.79 bits per heavy atom. The quantitative estimate of drug-likeness (QED) is 0.439. The zero-order valence-corrected chi connectivity index (χ0v) is 19.5. The number of aryl methyl sites for hydroxylation is 1. The zero-order valence-electron chi connectivity index (χ0n) is 19.5. The Hall–Kier alpha value is -3.93. The van der Waals surface area contributed by atoms with Crippen LogP contribution in [-0.2, 0) is 4.79 Å². The van der Waals surface area contributed by atoms with E-state index in [1.807, 2.05) is 53.4 Å². The molecule has 1 aliphatic rings. The lowest BCUT2D eigenvalue weighted by molar-refractivity contribution is -0.134. The van der Waals surface area contributed by atoms with Crippen molar-refractivity contribution >= 4 is 22.6 Å². The summed E-state index contributed by atoms with van der Waals surface area (Å²) in [4.78, 5) is 26.2. The first-order valence-electron chi connectivity index (χ1n) is 11.6. The molecule has 0 N–H and O–H groups in total. The molecule has 1 amide bonds. The highest BCUT2D eigenvalue weighted by molar-refractivity contribution is 5.78. The van der Waals surface area contributed by atoms with E-state index >= 15 is 0 Å². The number of ether oxygens (including phenoxy) is 1. The average Bonchev–Trinajstić information content (AvgIpc) is 2.87. The average molecular weight is 453 g/mol. The Morgan fingerprint density at radius 3 is 2.56 bits per heavy atom. The van der Waals surface area contributed by atoms with Gasteiger partial charge in [-0.05, 0) is 67.9 Å². The molecule has 172 valence electrons. The Morgan fingerprint density at radius 1 is 1.00 bits per heavy atom. The van der Waals surface area contributed by atoms with Crippen LogP contribution in [0.15, 0.2) is 79.0 Å². The van der Waals surface area contributed by atoms with Crippen LogP contribution in [0.5, 0.6) is 5.75 Å². The summed E-state index contributed by atoms with van der Waals surface area (Å²) in [6.45, 7) is 6.50. The van der Waals surface area contributed by atoms with Crippen LogP contribution in [0.25, 0.3) is 22.3 Å². The number of rotatable bonds is 5. The highest BCUT2D eigenvalue weighted by Crippen LogP contribution is 2.23. The first-order valence-corrected chi connectivity index (χ1v) is 11.6. The van der Waals surface area contributed by atoms with E-state index in [0.29, 0.717) is 18.8 Å². The topological polar surface area (TPSA) is 58.6 Å². The molecule has 1 unspecified atom stereocenters. The molecule has 6 nitrogen and oxygen atoms in total. The molecule has 1 atom stereocenters. The third kappa shape index (κ3) is 4.71. The molecule has 0 saturated carbocycles. The smallest absolute Gasteiger partial charge is 0.260 e. The SMILES string of the molecule is Cc1cccc(N2CCN(C(=O)COc3ccc(-c4cnc5ccccc5n4)cc3)CC2C)c1. The van der Waals surface area contributed by atoms with E-state index in [1.165, 1.54) is 11.3 Å². The molecular formula is C28H28N4O2. The molecule has 1 aliphatic heterocycles. The molecule has 6 heteroatoms. The molecule has 1 fully saturated rings. The van der Waals surface area contributed by atoms with Gasteiger partial charge in [0.1, 0.15) is 5.75 Å². The van der Waals surface area contributed by atoms with Crippen LogP contribution in [0.4, 0.5) is 5.69 Å². The lowest BCUT2D eigenvalue weighted by Gasteiger charge is -2.41. The van der Waals surface area contributed by atoms with Gasteiger partial charge in [-0.2, -0.15) is 0 Å². The van der Waals surface area contributed by atoms with Gasteiger partial charge in [-0.25, -0.2) is 4.98 Å². The molecule has 0 aliphatic carbocycles. The van der Waals surface area contributed by atoms with E-state index in [-0.39, 0.29) is 18.6 Å². The highest BCUT2D eigenvalue weighted by Gasteiger charge is 2.27. The van der Waals surface area contributed by atoms with E-state index in [9.17, 15) is 4.79 Å². The molecule has 1 saturated heterocycles. The van der Waals surface area contributed by atoms with E-state index in [1.54, 1.807) is 6.20 Å². The Kier molecular flexibility index (Phi) is 6.12. The summed E-state index contributed by atoms with van der Waals surface area (Å²) < 4.78 is 5.80. The van der Waals surface area contributed by atoms with Crippen molar-refractivity contribution in [1.82, 2.24) is 14.9 Å². The number of carbonyl (C=O) groups excluding carboxylic acids is 1. The van der Waals surface area contributed by atoms with Crippen molar-refractivity contribution < 1.29 is 9.53 Å². The maximum absolute atomic E-state index is 12.8. The van der Waals surface area contributed by atoms with Gasteiger partial charge in [0.25, 0.3) is 5.91 Å². The van der Waals surface area contributed by atoms with Crippen molar-refractivity contribution in [3.63, 3.8) is 0 Å². The lowest BCUT2D eigenvalue weighted by Crippen LogP contribution is -2.54. The normalized spacial score (nSPS) is 16.0. The van der Waals surface area contributed by atoms with Gasteiger partial charge in [0.05, 0.1) is 22.9 Å². The lowest BCUT2D eigenvalue weighted by atomic mass is 10.1. The number of hydrogen-bond acceptors (Lipinski definition) is 5. The second-order valence-corrected chi connectivity index (χ2v) is 8.78. The van der Waals surface area contributed by atoms with Crippen molar-refractivity contribution in [2.45, 2.75) is 19.9 Å². The monoisotopic (exact) mass is 452 g/mol. The van der Waals surface area contributed by atoms with E-state index in [0.717, 1.165) is 28.8 Å². The number of hydrogen-bond donors (Lipinski definition) is 0. The van der Waals surface area contributed by atoms with Gasteiger partial charge in [-0.3, -0.25) is 9.78 Å². The molecule has 0 radical (unpaired) electrons. The first kappa shape index (κ1) is 21.9. The summed E-state index contributed by atoms with van der Waals surface area (Å²) in [7, 11) is 0. The molecule has 1 aromatic heterocycles. The number of aromatic nitrogens is 2. The Labute approximate surface area is 199 Å². The molecule has 4 aromatic rings. The molecule has 5 rings (SSSR count). The van der Waals surface area contributed by atoms with Crippen LogP contribution < -0.4 is 9.64 Å². The van der Waals surface area contributed by atoms with Crippen molar-refractivity contribution in [2.75, 3.05) is 31.1 Å². The largest absolute Gasteiger partial charge is 0.484 e. The molecule has 0 spiro atoms. The zero-order chi connectivity index (χ0) is 23.5. The molecule has 34 heavy (non-hydrogen) atoms. The summed E-state index contributed by atoms with van der Waals surface area (Å²) in [6.07, 6.45) is 1.78. The molecule has 3 aromatic carbocycles. The number of amides is 1. The molecular weight excluding hydrogens is 424 g/mol. The molecule has 2 heterocycles. The minimum Gasteiger partial charge on any atom is -0.484 e. The number of fused-ring (bicyclic) bond motifs is 1. The van der Waals surface area contributed by atoms with Gasteiger partial charge >= 0.3 is 0 Å². The fourth-order valence-corrected chi connectivity index (χ4v) is 4.43. The number of anilines is 1. The second kappa shape index (κ2) is 9.51. The van der Waals surface area contributed by atoms with Crippen LogP contribution in [0.2, 0.25) is 0 Å². The van der Waals surface area contributed by atoms with E-state index < -0.39 is 0 Å². The van der Waals surface area contributed by atoms with Crippen LogP contribution in [-0.4, -0.2) is 53.1 Å². The maximum Gasteiger partial charge on any atom is 0.260 e.